The number of nitrogens with one attached hydrogen (secondary N) is 1. The Kier molecular flexibility index (Phi) is 2.45. The monoisotopic (exact) mass is 239 g/mol. The minimum atomic E-state index is -0.266. The van der Waals surface area contributed by atoms with Crippen molar-refractivity contribution in [3.05, 3.63) is 60.0 Å². The van der Waals surface area contributed by atoms with Crippen molar-refractivity contribution < 1.29 is 9.18 Å². The van der Waals surface area contributed by atoms with Crippen molar-refractivity contribution in [3.63, 3.8) is 0 Å². The van der Waals surface area contributed by atoms with Gasteiger partial charge >= 0.3 is 0 Å². The Morgan fingerprint density at radius 1 is 1.06 bits per heavy atom. The summed E-state index contributed by atoms with van der Waals surface area (Å²) >= 11 is 0. The third-order valence-electron chi connectivity index (χ3n) is 3.00. The number of aromatic amines is 1. The van der Waals surface area contributed by atoms with Gasteiger partial charge in [0.2, 0.25) is 0 Å². The fourth-order valence-electron chi connectivity index (χ4n) is 2.09. The Balaban J connectivity index is 2.21. The van der Waals surface area contributed by atoms with E-state index in [1.165, 1.54) is 12.1 Å². The molecule has 0 aliphatic carbocycles. The average Bonchev–Trinajstić information content (AvgIpc) is 2.80. The van der Waals surface area contributed by atoms with Crippen LogP contribution in [-0.4, -0.2) is 11.3 Å². The number of rotatable bonds is 2. The van der Waals surface area contributed by atoms with Crippen molar-refractivity contribution in [2.75, 3.05) is 0 Å². The van der Waals surface area contributed by atoms with Crippen LogP contribution in [0, 0.1) is 5.82 Å². The summed E-state index contributed by atoms with van der Waals surface area (Å²) in [6, 6.07) is 12.1. The Labute approximate surface area is 103 Å². The minimum Gasteiger partial charge on any atom is -0.360 e. The van der Waals surface area contributed by atoms with Gasteiger partial charge in [-0.05, 0) is 35.4 Å². The van der Waals surface area contributed by atoms with Gasteiger partial charge in [-0.1, -0.05) is 18.2 Å². The predicted octanol–water partition coefficient (Wildman–Crippen LogP) is 3.79. The molecule has 0 atom stereocenters. The van der Waals surface area contributed by atoms with Crippen molar-refractivity contribution >= 4 is 17.2 Å². The first-order valence-corrected chi connectivity index (χ1v) is 5.60. The average molecular weight is 239 g/mol. The molecule has 0 radical (unpaired) electrons. The summed E-state index contributed by atoms with van der Waals surface area (Å²) in [4.78, 5) is 13.9. The lowest BCUT2D eigenvalue weighted by atomic mass is 10.0. The Morgan fingerprint density at radius 3 is 2.67 bits per heavy atom. The number of aromatic nitrogens is 1. The molecule has 18 heavy (non-hydrogen) atoms. The maximum Gasteiger partial charge on any atom is 0.152 e. The molecule has 1 aromatic heterocycles. The maximum atomic E-state index is 13.2. The van der Waals surface area contributed by atoms with E-state index in [1.807, 2.05) is 24.3 Å². The second-order valence-corrected chi connectivity index (χ2v) is 4.13. The van der Waals surface area contributed by atoms with E-state index in [2.05, 4.69) is 4.98 Å². The number of carbonyl (C=O) groups excluding carboxylic acids is 1. The number of halogens is 1. The molecule has 3 rings (SSSR count). The van der Waals surface area contributed by atoms with Gasteiger partial charge in [0.15, 0.2) is 6.29 Å². The molecule has 2 nitrogen and oxygen atoms in total. The third-order valence-corrected chi connectivity index (χ3v) is 3.00. The molecular formula is C15H10FNO. The zero-order valence-electron chi connectivity index (χ0n) is 9.48. The topological polar surface area (TPSA) is 32.9 Å². The van der Waals surface area contributed by atoms with Crippen LogP contribution in [0.25, 0.3) is 22.0 Å². The molecule has 0 spiro atoms. The summed E-state index contributed by atoms with van der Waals surface area (Å²) in [7, 11) is 0. The second-order valence-electron chi connectivity index (χ2n) is 4.13. The van der Waals surface area contributed by atoms with Crippen molar-refractivity contribution in [2.45, 2.75) is 0 Å². The minimum absolute atomic E-state index is 0.266. The first kappa shape index (κ1) is 10.7. The SMILES string of the molecule is O=Cc1c[nH]c2ccc(-c3cccc(F)c3)cc12. The summed E-state index contributed by atoms with van der Waals surface area (Å²) in [5.74, 6) is -0.266. The lowest BCUT2D eigenvalue weighted by Crippen LogP contribution is -1.81. The van der Waals surface area contributed by atoms with Gasteiger partial charge in [-0.3, -0.25) is 4.79 Å². The van der Waals surface area contributed by atoms with E-state index in [0.717, 1.165) is 28.3 Å². The molecule has 3 heteroatoms. The van der Waals surface area contributed by atoms with Gasteiger partial charge in [-0.2, -0.15) is 0 Å². The summed E-state index contributed by atoms with van der Waals surface area (Å²) in [6.07, 6.45) is 2.49. The second kappa shape index (κ2) is 4.11. The molecule has 3 aromatic rings. The molecule has 0 aliphatic heterocycles. The Bertz CT molecular complexity index is 730. The largest absolute Gasteiger partial charge is 0.360 e. The highest BCUT2D eigenvalue weighted by Gasteiger charge is 2.05. The van der Waals surface area contributed by atoms with Crippen LogP contribution >= 0.6 is 0 Å². The lowest BCUT2D eigenvalue weighted by Gasteiger charge is -2.02. The first-order valence-electron chi connectivity index (χ1n) is 5.60. The standard InChI is InChI=1S/C15H10FNO/c16-13-3-1-2-10(6-13)11-4-5-15-14(7-11)12(9-18)8-17-15/h1-9,17H. The number of fused-ring (bicyclic) bond motifs is 1. The lowest BCUT2D eigenvalue weighted by molar-refractivity contribution is 0.112. The smallest absolute Gasteiger partial charge is 0.152 e. The van der Waals surface area contributed by atoms with Gasteiger partial charge < -0.3 is 4.98 Å². The van der Waals surface area contributed by atoms with Crippen LogP contribution < -0.4 is 0 Å². The molecule has 0 saturated carbocycles. The zero-order valence-corrected chi connectivity index (χ0v) is 9.48. The van der Waals surface area contributed by atoms with Crippen LogP contribution in [0.3, 0.4) is 0 Å². The number of benzene rings is 2. The molecule has 0 saturated heterocycles. The molecule has 1 heterocycles. The van der Waals surface area contributed by atoms with Gasteiger partial charge in [-0.15, -0.1) is 0 Å². The van der Waals surface area contributed by atoms with Crippen LogP contribution in [0.15, 0.2) is 48.7 Å². The molecule has 1 N–H and O–H groups in total. The summed E-state index contributed by atoms with van der Waals surface area (Å²) in [6.45, 7) is 0. The fraction of sp³-hybridized carbons (Fsp3) is 0. The van der Waals surface area contributed by atoms with Gasteiger partial charge in [0.25, 0.3) is 0 Å². The molecule has 0 bridgehead atoms. The highest BCUT2D eigenvalue weighted by atomic mass is 19.1. The quantitative estimate of drug-likeness (QED) is 0.678. The molecule has 2 aromatic carbocycles. The fourth-order valence-corrected chi connectivity index (χ4v) is 2.09. The molecule has 0 unspecified atom stereocenters. The van der Waals surface area contributed by atoms with E-state index < -0.39 is 0 Å². The Morgan fingerprint density at radius 2 is 1.89 bits per heavy atom. The van der Waals surface area contributed by atoms with Crippen LogP contribution in [-0.2, 0) is 0 Å². The van der Waals surface area contributed by atoms with Gasteiger partial charge in [-0.25, -0.2) is 4.39 Å². The van der Waals surface area contributed by atoms with Crippen molar-refractivity contribution in [1.82, 2.24) is 4.98 Å². The van der Waals surface area contributed by atoms with Gasteiger partial charge in [0.05, 0.1) is 0 Å². The molecule has 88 valence electrons. The van der Waals surface area contributed by atoms with Crippen LogP contribution in [0.4, 0.5) is 4.39 Å². The number of hydrogen-bond acceptors (Lipinski definition) is 1. The van der Waals surface area contributed by atoms with E-state index in [4.69, 9.17) is 0 Å². The van der Waals surface area contributed by atoms with Gasteiger partial charge in [0, 0.05) is 22.7 Å². The maximum absolute atomic E-state index is 13.2. The molecule has 0 aliphatic rings. The van der Waals surface area contributed by atoms with E-state index in [1.54, 1.807) is 12.3 Å². The van der Waals surface area contributed by atoms with E-state index in [0.29, 0.717) is 5.56 Å². The summed E-state index contributed by atoms with van der Waals surface area (Å²) in [5, 5.41) is 0.853. The summed E-state index contributed by atoms with van der Waals surface area (Å²) in [5.41, 5.74) is 3.21. The first-order chi connectivity index (χ1) is 8.78. The van der Waals surface area contributed by atoms with Crippen molar-refractivity contribution in [1.29, 1.82) is 0 Å². The van der Waals surface area contributed by atoms with Crippen molar-refractivity contribution in [2.24, 2.45) is 0 Å². The zero-order chi connectivity index (χ0) is 12.5. The number of H-pyrrole nitrogens is 1. The highest BCUT2D eigenvalue weighted by Crippen LogP contribution is 2.26. The van der Waals surface area contributed by atoms with Crippen LogP contribution in [0.2, 0.25) is 0 Å². The van der Waals surface area contributed by atoms with Gasteiger partial charge in [0.1, 0.15) is 5.82 Å². The number of aldehydes is 1. The van der Waals surface area contributed by atoms with Crippen LogP contribution in [0.5, 0.6) is 0 Å². The highest BCUT2D eigenvalue weighted by molar-refractivity contribution is 5.99. The van der Waals surface area contributed by atoms with Crippen molar-refractivity contribution in [3.8, 4) is 11.1 Å². The summed E-state index contributed by atoms with van der Waals surface area (Å²) < 4.78 is 13.2. The Hall–Kier alpha value is -2.42. The van der Waals surface area contributed by atoms with E-state index in [9.17, 15) is 9.18 Å². The molecular weight excluding hydrogens is 229 g/mol. The number of hydrogen-bond donors (Lipinski definition) is 1. The molecule has 0 fully saturated rings. The normalized spacial score (nSPS) is 10.7. The number of carbonyl (C=O) groups is 1. The van der Waals surface area contributed by atoms with E-state index >= 15 is 0 Å². The predicted molar refractivity (Wildman–Crippen MR) is 69.1 cm³/mol. The van der Waals surface area contributed by atoms with E-state index in [-0.39, 0.29) is 5.82 Å². The van der Waals surface area contributed by atoms with Crippen LogP contribution in [0.1, 0.15) is 10.4 Å². The third kappa shape index (κ3) is 1.70. The molecule has 0 amide bonds.